The number of hydrogen-bond donors (Lipinski definition) is 1. The molecule has 0 saturated heterocycles. The third kappa shape index (κ3) is 3.45. The van der Waals surface area contributed by atoms with Crippen LogP contribution in [0.25, 0.3) is 0 Å². The number of aryl methyl sites for hydroxylation is 1. The lowest BCUT2D eigenvalue weighted by atomic mass is 10.1. The summed E-state index contributed by atoms with van der Waals surface area (Å²) in [6.45, 7) is 2.86. The molecule has 0 spiro atoms. The van der Waals surface area contributed by atoms with E-state index in [1.165, 1.54) is 5.56 Å². The molecule has 1 N–H and O–H groups in total. The molecule has 0 aliphatic heterocycles. The van der Waals surface area contributed by atoms with Gasteiger partial charge in [-0.15, -0.1) is 0 Å². The zero-order chi connectivity index (χ0) is 12.1. The first-order valence-electron chi connectivity index (χ1n) is 5.54. The average Bonchev–Trinajstić information content (AvgIpc) is 2.79. The van der Waals surface area contributed by atoms with E-state index in [4.69, 9.17) is 0 Å². The Kier molecular flexibility index (Phi) is 3.55. The van der Waals surface area contributed by atoms with Crippen LogP contribution < -0.4 is 5.32 Å². The van der Waals surface area contributed by atoms with Crippen molar-refractivity contribution in [3.8, 4) is 0 Å². The summed E-state index contributed by atoms with van der Waals surface area (Å²) in [5, 5.41) is 6.85. The first kappa shape index (κ1) is 11.4. The van der Waals surface area contributed by atoms with Crippen molar-refractivity contribution in [1.82, 2.24) is 15.1 Å². The van der Waals surface area contributed by atoms with Crippen molar-refractivity contribution < 1.29 is 4.79 Å². The summed E-state index contributed by atoms with van der Waals surface area (Å²) in [7, 11) is 0. The Bertz CT molecular complexity index is 491. The lowest BCUT2D eigenvalue weighted by molar-refractivity contribution is -0.122. The molecule has 2 rings (SSSR count). The van der Waals surface area contributed by atoms with Gasteiger partial charge in [0.25, 0.3) is 0 Å². The molecule has 17 heavy (non-hydrogen) atoms. The molecule has 88 valence electrons. The van der Waals surface area contributed by atoms with Crippen LogP contribution in [-0.2, 0) is 17.9 Å². The molecular weight excluding hydrogens is 214 g/mol. The summed E-state index contributed by atoms with van der Waals surface area (Å²) in [4.78, 5) is 11.6. The van der Waals surface area contributed by atoms with Crippen LogP contribution in [-0.4, -0.2) is 15.7 Å². The van der Waals surface area contributed by atoms with Crippen LogP contribution in [0.5, 0.6) is 0 Å². The van der Waals surface area contributed by atoms with Gasteiger partial charge in [0.2, 0.25) is 5.91 Å². The summed E-state index contributed by atoms with van der Waals surface area (Å²) >= 11 is 0. The van der Waals surface area contributed by atoms with Gasteiger partial charge in [-0.1, -0.05) is 29.8 Å². The zero-order valence-corrected chi connectivity index (χ0v) is 9.76. The van der Waals surface area contributed by atoms with E-state index >= 15 is 0 Å². The Balaban J connectivity index is 1.84. The van der Waals surface area contributed by atoms with Gasteiger partial charge in [0.05, 0.1) is 0 Å². The van der Waals surface area contributed by atoms with E-state index < -0.39 is 0 Å². The summed E-state index contributed by atoms with van der Waals surface area (Å²) in [5.41, 5.74) is 2.31. The highest BCUT2D eigenvalue weighted by atomic mass is 16.2. The van der Waals surface area contributed by atoms with Gasteiger partial charge in [0, 0.05) is 18.9 Å². The van der Waals surface area contributed by atoms with Crippen molar-refractivity contribution in [1.29, 1.82) is 0 Å². The number of amides is 1. The van der Waals surface area contributed by atoms with Crippen LogP contribution in [0.2, 0.25) is 0 Å². The molecule has 0 unspecified atom stereocenters. The Hall–Kier alpha value is -2.10. The van der Waals surface area contributed by atoms with Gasteiger partial charge in [-0.2, -0.15) is 5.10 Å². The second-order valence-electron chi connectivity index (χ2n) is 3.97. The van der Waals surface area contributed by atoms with Gasteiger partial charge in [-0.05, 0) is 18.6 Å². The van der Waals surface area contributed by atoms with E-state index in [1.54, 1.807) is 23.1 Å². The van der Waals surface area contributed by atoms with Gasteiger partial charge >= 0.3 is 0 Å². The van der Waals surface area contributed by atoms with Gasteiger partial charge in [-0.3, -0.25) is 9.48 Å². The Labute approximate surface area is 100 Å². The number of nitrogens with zero attached hydrogens (tertiary/aromatic N) is 2. The number of benzene rings is 1. The fourth-order valence-electron chi connectivity index (χ4n) is 1.62. The fourth-order valence-corrected chi connectivity index (χ4v) is 1.62. The summed E-state index contributed by atoms with van der Waals surface area (Å²) in [6, 6.07) is 9.89. The molecule has 0 fully saturated rings. The first-order chi connectivity index (χ1) is 8.24. The number of carbonyl (C=O) groups excluding carboxylic acids is 1. The highest BCUT2D eigenvalue weighted by Crippen LogP contribution is 2.03. The number of aromatic nitrogens is 2. The van der Waals surface area contributed by atoms with E-state index in [2.05, 4.69) is 16.5 Å². The number of hydrogen-bond acceptors (Lipinski definition) is 2. The quantitative estimate of drug-likeness (QED) is 0.863. The molecule has 1 amide bonds. The molecule has 4 heteroatoms. The van der Waals surface area contributed by atoms with Crippen molar-refractivity contribution in [2.45, 2.75) is 20.0 Å². The minimum Gasteiger partial charge on any atom is -0.350 e. The van der Waals surface area contributed by atoms with Gasteiger partial charge in [-0.25, -0.2) is 0 Å². The molecule has 0 radical (unpaired) electrons. The van der Waals surface area contributed by atoms with E-state index in [9.17, 15) is 4.79 Å². The summed E-state index contributed by atoms with van der Waals surface area (Å²) in [6.07, 6.45) is 3.43. The Morgan fingerprint density at radius 2 is 2.29 bits per heavy atom. The van der Waals surface area contributed by atoms with Crippen molar-refractivity contribution in [2.75, 3.05) is 0 Å². The van der Waals surface area contributed by atoms with Gasteiger partial charge in [0.1, 0.15) is 6.54 Å². The molecule has 4 nitrogen and oxygen atoms in total. The monoisotopic (exact) mass is 229 g/mol. The highest BCUT2D eigenvalue weighted by molar-refractivity contribution is 5.75. The molecular formula is C13H15N3O. The summed E-state index contributed by atoms with van der Waals surface area (Å²) in [5.74, 6) is -0.0322. The standard InChI is InChI=1S/C13H15N3O/c1-11-4-2-5-12(8-11)9-14-13(17)10-16-7-3-6-15-16/h2-8H,9-10H2,1H3,(H,14,17). The number of carbonyl (C=O) groups is 1. The first-order valence-corrected chi connectivity index (χ1v) is 5.54. The van der Waals surface area contributed by atoms with Crippen LogP contribution >= 0.6 is 0 Å². The van der Waals surface area contributed by atoms with Crippen LogP contribution in [0.4, 0.5) is 0 Å². The average molecular weight is 229 g/mol. The summed E-state index contributed by atoms with van der Waals surface area (Å²) < 4.78 is 1.60. The van der Waals surface area contributed by atoms with Crippen LogP contribution in [0.15, 0.2) is 42.7 Å². The Morgan fingerprint density at radius 1 is 1.41 bits per heavy atom. The van der Waals surface area contributed by atoms with E-state index in [0.717, 1.165) is 5.56 Å². The molecule has 2 aromatic rings. The van der Waals surface area contributed by atoms with E-state index in [-0.39, 0.29) is 12.5 Å². The predicted octanol–water partition coefficient (Wildman–Crippen LogP) is 1.51. The second-order valence-corrected chi connectivity index (χ2v) is 3.97. The molecule has 0 saturated carbocycles. The van der Waals surface area contributed by atoms with Crippen molar-refractivity contribution in [3.63, 3.8) is 0 Å². The van der Waals surface area contributed by atoms with Crippen LogP contribution in [0.3, 0.4) is 0 Å². The highest BCUT2D eigenvalue weighted by Gasteiger charge is 2.02. The largest absolute Gasteiger partial charge is 0.350 e. The maximum absolute atomic E-state index is 11.6. The minimum atomic E-state index is -0.0322. The topological polar surface area (TPSA) is 46.9 Å². The molecule has 0 atom stereocenters. The van der Waals surface area contributed by atoms with Crippen LogP contribution in [0.1, 0.15) is 11.1 Å². The number of rotatable bonds is 4. The van der Waals surface area contributed by atoms with Crippen molar-refractivity contribution in [2.24, 2.45) is 0 Å². The van der Waals surface area contributed by atoms with Crippen molar-refractivity contribution in [3.05, 3.63) is 53.9 Å². The minimum absolute atomic E-state index is 0.0322. The SMILES string of the molecule is Cc1cccc(CNC(=O)Cn2cccn2)c1. The van der Waals surface area contributed by atoms with Crippen molar-refractivity contribution >= 4 is 5.91 Å². The molecule has 1 heterocycles. The van der Waals surface area contributed by atoms with Gasteiger partial charge in [0.15, 0.2) is 0 Å². The normalized spacial score (nSPS) is 10.2. The third-order valence-electron chi connectivity index (χ3n) is 2.44. The Morgan fingerprint density at radius 3 is 3.00 bits per heavy atom. The van der Waals surface area contributed by atoms with E-state index in [1.807, 2.05) is 25.1 Å². The fraction of sp³-hybridized carbons (Fsp3) is 0.231. The predicted molar refractivity (Wildman–Crippen MR) is 65.3 cm³/mol. The lowest BCUT2D eigenvalue weighted by Crippen LogP contribution is -2.27. The second kappa shape index (κ2) is 5.30. The molecule has 0 aliphatic rings. The molecule has 1 aromatic carbocycles. The van der Waals surface area contributed by atoms with E-state index in [0.29, 0.717) is 6.54 Å². The third-order valence-corrected chi connectivity index (χ3v) is 2.44. The molecule has 1 aromatic heterocycles. The maximum atomic E-state index is 11.6. The molecule has 0 aliphatic carbocycles. The van der Waals surface area contributed by atoms with Crippen LogP contribution in [0, 0.1) is 6.92 Å². The zero-order valence-electron chi connectivity index (χ0n) is 9.76. The molecule has 0 bridgehead atoms. The smallest absolute Gasteiger partial charge is 0.241 e. The maximum Gasteiger partial charge on any atom is 0.241 e. The number of nitrogens with one attached hydrogen (secondary N) is 1. The lowest BCUT2D eigenvalue weighted by Gasteiger charge is -2.06. The van der Waals surface area contributed by atoms with Gasteiger partial charge < -0.3 is 5.32 Å².